The van der Waals surface area contributed by atoms with Gasteiger partial charge in [-0.1, -0.05) is 59.7 Å². The zero-order valence-electron chi connectivity index (χ0n) is 12.8. The molecular weight excluding hydrogens is 206 g/mol. The molecule has 1 aromatic rings. The van der Waals surface area contributed by atoms with Crippen molar-refractivity contribution >= 4 is 11.9 Å². The molecule has 0 aromatic heterocycles. The lowest BCUT2D eigenvalue weighted by Crippen LogP contribution is -1.89. The van der Waals surface area contributed by atoms with E-state index in [0.717, 1.165) is 5.69 Å². The van der Waals surface area contributed by atoms with Crippen molar-refractivity contribution in [2.75, 3.05) is 0 Å². The van der Waals surface area contributed by atoms with E-state index >= 15 is 0 Å². The monoisotopic (exact) mass is 235 g/mol. The van der Waals surface area contributed by atoms with Crippen molar-refractivity contribution in [2.45, 2.75) is 61.3 Å². The molecule has 17 heavy (non-hydrogen) atoms. The summed E-state index contributed by atoms with van der Waals surface area (Å²) in [4.78, 5) is 4.40. The number of hydrogen-bond donors (Lipinski definition) is 0. The first-order valence-electron chi connectivity index (χ1n) is 6.75. The van der Waals surface area contributed by atoms with Gasteiger partial charge in [0.1, 0.15) is 0 Å². The lowest BCUT2D eigenvalue weighted by Gasteiger charge is -2.10. The van der Waals surface area contributed by atoms with E-state index in [2.05, 4.69) is 44.0 Å². The Balaban J connectivity index is 0. The van der Waals surface area contributed by atoms with Gasteiger partial charge in [0.2, 0.25) is 0 Å². The quantitative estimate of drug-likeness (QED) is 0.566. The molecule has 0 radical (unpaired) electrons. The average Bonchev–Trinajstić information content (AvgIpc) is 2.36. The summed E-state index contributed by atoms with van der Waals surface area (Å²) in [6.07, 6.45) is 1.86. The SMILES string of the molecule is CC.CC.CC=Nc1c(C)cccc1C(C)C. The van der Waals surface area contributed by atoms with E-state index in [4.69, 9.17) is 0 Å². The Kier molecular flexibility index (Phi) is 12.2. The van der Waals surface area contributed by atoms with Gasteiger partial charge in [-0.2, -0.15) is 0 Å². The predicted octanol–water partition coefficient (Wildman–Crippen LogP) is 5.89. The van der Waals surface area contributed by atoms with Gasteiger partial charge >= 0.3 is 0 Å². The minimum absolute atomic E-state index is 0.540. The molecule has 0 aliphatic heterocycles. The zero-order chi connectivity index (χ0) is 13.8. The van der Waals surface area contributed by atoms with Crippen LogP contribution in [0.5, 0.6) is 0 Å². The van der Waals surface area contributed by atoms with Gasteiger partial charge in [0, 0.05) is 6.21 Å². The molecule has 0 amide bonds. The van der Waals surface area contributed by atoms with Gasteiger partial charge in [-0.15, -0.1) is 0 Å². The first-order valence-corrected chi connectivity index (χ1v) is 6.75. The summed E-state index contributed by atoms with van der Waals surface area (Å²) in [5, 5.41) is 0. The van der Waals surface area contributed by atoms with Gasteiger partial charge in [-0.3, -0.25) is 4.99 Å². The fourth-order valence-corrected chi connectivity index (χ4v) is 1.45. The van der Waals surface area contributed by atoms with E-state index in [0.29, 0.717) is 5.92 Å². The van der Waals surface area contributed by atoms with Crippen LogP contribution in [0.3, 0.4) is 0 Å². The minimum Gasteiger partial charge on any atom is -0.261 e. The van der Waals surface area contributed by atoms with Crippen LogP contribution in [-0.2, 0) is 0 Å². The van der Waals surface area contributed by atoms with Crippen LogP contribution < -0.4 is 0 Å². The summed E-state index contributed by atoms with van der Waals surface area (Å²) < 4.78 is 0. The highest BCUT2D eigenvalue weighted by Gasteiger charge is 2.06. The highest BCUT2D eigenvalue weighted by atomic mass is 14.7. The fourth-order valence-electron chi connectivity index (χ4n) is 1.45. The smallest absolute Gasteiger partial charge is 0.0689 e. The number of nitrogens with zero attached hydrogens (tertiary/aromatic N) is 1. The molecule has 0 aliphatic carbocycles. The lowest BCUT2D eigenvalue weighted by molar-refractivity contribution is 0.865. The maximum absolute atomic E-state index is 4.40. The zero-order valence-corrected chi connectivity index (χ0v) is 12.8. The molecule has 98 valence electrons. The molecule has 0 saturated carbocycles. The van der Waals surface area contributed by atoms with Gasteiger partial charge in [-0.25, -0.2) is 0 Å². The second-order valence-corrected chi connectivity index (χ2v) is 3.55. The Morgan fingerprint density at radius 2 is 1.59 bits per heavy atom. The largest absolute Gasteiger partial charge is 0.261 e. The van der Waals surface area contributed by atoms with Crippen molar-refractivity contribution in [3.8, 4) is 0 Å². The summed E-state index contributed by atoms with van der Waals surface area (Å²) in [7, 11) is 0. The van der Waals surface area contributed by atoms with Crippen LogP contribution in [0.2, 0.25) is 0 Å². The third kappa shape index (κ3) is 6.25. The Bertz CT molecular complexity index is 311. The number of para-hydroxylation sites is 1. The van der Waals surface area contributed by atoms with Gasteiger partial charge in [0.25, 0.3) is 0 Å². The minimum atomic E-state index is 0.540. The molecular formula is C16H29N. The summed E-state index contributed by atoms with van der Waals surface area (Å²) in [6, 6.07) is 6.35. The van der Waals surface area contributed by atoms with E-state index in [1.54, 1.807) is 0 Å². The van der Waals surface area contributed by atoms with Crippen molar-refractivity contribution in [3.63, 3.8) is 0 Å². The molecule has 0 N–H and O–H groups in total. The molecule has 0 heterocycles. The lowest BCUT2D eigenvalue weighted by atomic mass is 9.98. The predicted molar refractivity (Wildman–Crippen MR) is 81.8 cm³/mol. The van der Waals surface area contributed by atoms with E-state index in [9.17, 15) is 0 Å². The van der Waals surface area contributed by atoms with E-state index in [1.807, 2.05) is 40.8 Å². The van der Waals surface area contributed by atoms with Gasteiger partial charge in [-0.05, 0) is 30.9 Å². The summed E-state index contributed by atoms with van der Waals surface area (Å²) in [6.45, 7) is 16.5. The second-order valence-electron chi connectivity index (χ2n) is 3.55. The molecule has 0 fully saturated rings. The molecule has 0 atom stereocenters. The second kappa shape index (κ2) is 11.4. The molecule has 0 saturated heterocycles. The third-order valence-electron chi connectivity index (χ3n) is 2.15. The highest BCUT2D eigenvalue weighted by molar-refractivity contribution is 5.65. The first-order chi connectivity index (χ1) is 8.16. The van der Waals surface area contributed by atoms with Gasteiger partial charge in [0.05, 0.1) is 5.69 Å². The number of benzene rings is 1. The third-order valence-corrected chi connectivity index (χ3v) is 2.15. The van der Waals surface area contributed by atoms with Crippen LogP contribution >= 0.6 is 0 Å². The van der Waals surface area contributed by atoms with Crippen LogP contribution in [0.4, 0.5) is 5.69 Å². The van der Waals surface area contributed by atoms with Gasteiger partial charge < -0.3 is 0 Å². The van der Waals surface area contributed by atoms with Gasteiger partial charge in [0.15, 0.2) is 0 Å². The molecule has 1 heteroatoms. The van der Waals surface area contributed by atoms with Crippen molar-refractivity contribution < 1.29 is 0 Å². The number of aliphatic imine (C=N–C) groups is 1. The maximum Gasteiger partial charge on any atom is 0.0689 e. The van der Waals surface area contributed by atoms with Crippen LogP contribution in [-0.4, -0.2) is 6.21 Å². The Morgan fingerprint density at radius 3 is 2.00 bits per heavy atom. The number of aryl methyl sites for hydroxylation is 1. The Morgan fingerprint density at radius 1 is 1.06 bits per heavy atom. The highest BCUT2D eigenvalue weighted by Crippen LogP contribution is 2.29. The summed E-state index contributed by atoms with van der Waals surface area (Å²) in [5.41, 5.74) is 3.72. The number of rotatable bonds is 2. The summed E-state index contributed by atoms with van der Waals surface area (Å²) >= 11 is 0. The molecule has 1 nitrogen and oxygen atoms in total. The standard InChI is InChI=1S/C12H17N.2C2H6/c1-5-13-12-10(4)7-6-8-11(12)9(2)3;2*1-2/h5-9H,1-4H3;2*1-2H3. The van der Waals surface area contributed by atoms with Crippen molar-refractivity contribution in [1.82, 2.24) is 0 Å². The molecule has 0 unspecified atom stereocenters. The van der Waals surface area contributed by atoms with Crippen LogP contribution in [0.15, 0.2) is 23.2 Å². The first kappa shape index (κ1) is 18.3. The molecule has 1 rings (SSSR count). The number of hydrogen-bond acceptors (Lipinski definition) is 1. The summed E-state index contributed by atoms with van der Waals surface area (Å²) in [5.74, 6) is 0.540. The van der Waals surface area contributed by atoms with Crippen molar-refractivity contribution in [1.29, 1.82) is 0 Å². The molecule has 1 aromatic carbocycles. The van der Waals surface area contributed by atoms with Crippen molar-refractivity contribution in [2.24, 2.45) is 4.99 Å². The average molecular weight is 235 g/mol. The molecule has 0 bridgehead atoms. The topological polar surface area (TPSA) is 12.4 Å². The van der Waals surface area contributed by atoms with Crippen LogP contribution in [0.25, 0.3) is 0 Å². The Labute approximate surface area is 108 Å². The van der Waals surface area contributed by atoms with Crippen molar-refractivity contribution in [3.05, 3.63) is 29.3 Å². The fraction of sp³-hybridized carbons (Fsp3) is 0.562. The van der Waals surface area contributed by atoms with E-state index < -0.39 is 0 Å². The Hall–Kier alpha value is -1.11. The maximum atomic E-state index is 4.40. The van der Waals surface area contributed by atoms with Crippen LogP contribution in [0.1, 0.15) is 65.5 Å². The van der Waals surface area contributed by atoms with Crippen LogP contribution in [0, 0.1) is 6.92 Å². The van der Waals surface area contributed by atoms with E-state index in [-0.39, 0.29) is 0 Å². The molecule has 0 spiro atoms. The van der Waals surface area contributed by atoms with E-state index in [1.165, 1.54) is 11.1 Å². The molecule has 0 aliphatic rings. The normalized spacial score (nSPS) is 9.47.